The Morgan fingerprint density at radius 3 is 2.88 bits per heavy atom. The molecule has 0 heterocycles. The predicted octanol–water partition coefficient (Wildman–Crippen LogP) is 2.23. The summed E-state index contributed by atoms with van der Waals surface area (Å²) in [5.74, 6) is 0.824. The number of ether oxygens (including phenoxy) is 2. The first-order valence-corrected chi connectivity index (χ1v) is 5.90. The minimum atomic E-state index is -0.401. The van der Waals surface area contributed by atoms with Crippen molar-refractivity contribution >= 4 is 11.7 Å². The van der Waals surface area contributed by atoms with Crippen LogP contribution in [0.5, 0.6) is 5.75 Å². The zero-order valence-corrected chi connectivity index (χ0v) is 9.94. The average Bonchev–Trinajstić information content (AvgIpc) is 3.12. The third-order valence-corrected chi connectivity index (χ3v) is 2.73. The Labute approximate surface area is 101 Å². The molecule has 0 bridgehead atoms. The van der Waals surface area contributed by atoms with Crippen LogP contribution in [-0.2, 0) is 4.74 Å². The molecule has 0 atom stereocenters. The minimum Gasteiger partial charge on any atom is -0.491 e. The number of rotatable bonds is 5. The Morgan fingerprint density at radius 2 is 2.24 bits per heavy atom. The molecule has 0 amide bonds. The molecule has 1 aliphatic rings. The van der Waals surface area contributed by atoms with Crippen LogP contribution in [-0.4, -0.2) is 19.2 Å². The summed E-state index contributed by atoms with van der Waals surface area (Å²) in [7, 11) is 0. The van der Waals surface area contributed by atoms with E-state index in [1.807, 2.05) is 0 Å². The quantitative estimate of drug-likeness (QED) is 0.628. The molecule has 4 nitrogen and oxygen atoms in total. The molecule has 2 rings (SSSR count). The first kappa shape index (κ1) is 11.8. The molecule has 4 heteroatoms. The van der Waals surface area contributed by atoms with Gasteiger partial charge in [0.25, 0.3) is 0 Å². The number of para-hydroxylation sites is 1. The van der Waals surface area contributed by atoms with E-state index in [-0.39, 0.29) is 0 Å². The van der Waals surface area contributed by atoms with Crippen LogP contribution in [0, 0.1) is 5.92 Å². The molecule has 0 unspecified atom stereocenters. The molecule has 0 aliphatic heterocycles. The fourth-order valence-electron chi connectivity index (χ4n) is 1.55. The van der Waals surface area contributed by atoms with Crippen molar-refractivity contribution in [1.29, 1.82) is 0 Å². The van der Waals surface area contributed by atoms with E-state index in [2.05, 4.69) is 0 Å². The van der Waals surface area contributed by atoms with Gasteiger partial charge in [0.2, 0.25) is 0 Å². The monoisotopic (exact) mass is 235 g/mol. The number of carbonyl (C=O) groups is 1. The Morgan fingerprint density at radius 1 is 1.47 bits per heavy atom. The van der Waals surface area contributed by atoms with Crippen molar-refractivity contribution in [2.24, 2.45) is 5.92 Å². The van der Waals surface area contributed by atoms with Crippen LogP contribution in [0.3, 0.4) is 0 Å². The predicted molar refractivity (Wildman–Crippen MR) is 65.0 cm³/mol. The standard InChI is InChI=1S/C13H17NO3/c1-2-16-13(15)10-4-3-5-11(12(10)14)17-8-9-6-7-9/h3-5,9H,2,6-8,14H2,1H3. The largest absolute Gasteiger partial charge is 0.491 e. The molecule has 1 aromatic rings. The molecule has 1 saturated carbocycles. The Hall–Kier alpha value is -1.71. The fraction of sp³-hybridized carbons (Fsp3) is 0.462. The van der Waals surface area contributed by atoms with Gasteiger partial charge in [-0.1, -0.05) is 6.07 Å². The molecule has 0 aromatic heterocycles. The second kappa shape index (κ2) is 5.08. The molecule has 1 fully saturated rings. The maximum Gasteiger partial charge on any atom is 0.340 e. The fourth-order valence-corrected chi connectivity index (χ4v) is 1.55. The molecule has 92 valence electrons. The third kappa shape index (κ3) is 2.90. The molecule has 17 heavy (non-hydrogen) atoms. The van der Waals surface area contributed by atoms with Gasteiger partial charge in [-0.15, -0.1) is 0 Å². The number of hydrogen-bond acceptors (Lipinski definition) is 4. The normalized spacial score (nSPS) is 14.4. The van der Waals surface area contributed by atoms with Crippen molar-refractivity contribution in [3.05, 3.63) is 23.8 Å². The van der Waals surface area contributed by atoms with E-state index >= 15 is 0 Å². The zero-order chi connectivity index (χ0) is 12.3. The van der Waals surface area contributed by atoms with Gasteiger partial charge in [0.05, 0.1) is 24.5 Å². The Kier molecular flexibility index (Phi) is 3.52. The van der Waals surface area contributed by atoms with Gasteiger partial charge < -0.3 is 15.2 Å². The summed E-state index contributed by atoms with van der Waals surface area (Å²) in [6.45, 7) is 2.78. The SMILES string of the molecule is CCOC(=O)c1cccc(OCC2CC2)c1N. The highest BCUT2D eigenvalue weighted by Crippen LogP contribution is 2.32. The van der Waals surface area contributed by atoms with Gasteiger partial charge in [-0.05, 0) is 37.8 Å². The van der Waals surface area contributed by atoms with Crippen molar-refractivity contribution in [2.75, 3.05) is 18.9 Å². The van der Waals surface area contributed by atoms with Crippen LogP contribution in [0.4, 0.5) is 5.69 Å². The van der Waals surface area contributed by atoms with Crippen LogP contribution < -0.4 is 10.5 Å². The first-order valence-electron chi connectivity index (χ1n) is 5.90. The molecular formula is C13H17NO3. The summed E-state index contributed by atoms with van der Waals surface area (Å²) in [4.78, 5) is 11.6. The van der Waals surface area contributed by atoms with Crippen LogP contribution >= 0.6 is 0 Å². The van der Waals surface area contributed by atoms with Gasteiger partial charge in [-0.25, -0.2) is 4.79 Å². The van der Waals surface area contributed by atoms with Gasteiger partial charge in [-0.3, -0.25) is 0 Å². The Balaban J connectivity index is 2.10. The van der Waals surface area contributed by atoms with Crippen molar-refractivity contribution < 1.29 is 14.3 Å². The minimum absolute atomic E-state index is 0.339. The second-order valence-electron chi connectivity index (χ2n) is 4.19. The highest BCUT2D eigenvalue weighted by Gasteiger charge is 2.23. The topological polar surface area (TPSA) is 61.5 Å². The van der Waals surface area contributed by atoms with Gasteiger partial charge in [0, 0.05) is 0 Å². The van der Waals surface area contributed by atoms with Gasteiger partial charge in [0.15, 0.2) is 0 Å². The lowest BCUT2D eigenvalue weighted by molar-refractivity contribution is 0.0527. The molecule has 0 saturated heterocycles. The lowest BCUT2D eigenvalue weighted by Crippen LogP contribution is -2.10. The van der Waals surface area contributed by atoms with Crippen molar-refractivity contribution in [1.82, 2.24) is 0 Å². The van der Waals surface area contributed by atoms with Crippen LogP contribution in [0.2, 0.25) is 0 Å². The molecule has 1 aromatic carbocycles. The van der Waals surface area contributed by atoms with Gasteiger partial charge in [0.1, 0.15) is 5.75 Å². The lowest BCUT2D eigenvalue weighted by Gasteiger charge is -2.11. The van der Waals surface area contributed by atoms with E-state index in [9.17, 15) is 4.79 Å². The van der Waals surface area contributed by atoms with Crippen LogP contribution in [0.25, 0.3) is 0 Å². The maximum atomic E-state index is 11.6. The average molecular weight is 235 g/mol. The number of nitrogen functional groups attached to an aromatic ring is 1. The van der Waals surface area contributed by atoms with E-state index in [1.165, 1.54) is 12.8 Å². The van der Waals surface area contributed by atoms with E-state index in [4.69, 9.17) is 15.2 Å². The summed E-state index contributed by atoms with van der Waals surface area (Å²) >= 11 is 0. The van der Waals surface area contributed by atoms with Gasteiger partial charge >= 0.3 is 5.97 Å². The number of esters is 1. The van der Waals surface area contributed by atoms with Crippen molar-refractivity contribution in [2.45, 2.75) is 19.8 Å². The maximum absolute atomic E-state index is 11.6. The summed E-state index contributed by atoms with van der Waals surface area (Å²) in [6.07, 6.45) is 2.44. The van der Waals surface area contributed by atoms with Crippen LogP contribution in [0.15, 0.2) is 18.2 Å². The number of anilines is 1. The Bertz CT molecular complexity index is 413. The summed E-state index contributed by atoms with van der Waals surface area (Å²) in [5.41, 5.74) is 6.64. The van der Waals surface area contributed by atoms with Gasteiger partial charge in [-0.2, -0.15) is 0 Å². The lowest BCUT2D eigenvalue weighted by atomic mass is 10.1. The van der Waals surface area contributed by atoms with Crippen molar-refractivity contribution in [3.8, 4) is 5.75 Å². The molecular weight excluding hydrogens is 218 g/mol. The first-order chi connectivity index (χ1) is 8.22. The number of nitrogens with two attached hydrogens (primary N) is 1. The molecule has 1 aliphatic carbocycles. The molecule has 2 N–H and O–H groups in total. The number of carbonyl (C=O) groups excluding carboxylic acids is 1. The van der Waals surface area contributed by atoms with E-state index in [0.29, 0.717) is 36.1 Å². The molecule has 0 spiro atoms. The van der Waals surface area contributed by atoms with Crippen LogP contribution in [0.1, 0.15) is 30.1 Å². The third-order valence-electron chi connectivity index (χ3n) is 2.73. The zero-order valence-electron chi connectivity index (χ0n) is 9.94. The summed E-state index contributed by atoms with van der Waals surface area (Å²) < 4.78 is 10.5. The van der Waals surface area contributed by atoms with Crippen molar-refractivity contribution in [3.63, 3.8) is 0 Å². The van der Waals surface area contributed by atoms with E-state index < -0.39 is 5.97 Å². The summed E-state index contributed by atoms with van der Waals surface area (Å²) in [5, 5.41) is 0. The smallest absolute Gasteiger partial charge is 0.340 e. The number of hydrogen-bond donors (Lipinski definition) is 1. The van der Waals surface area contributed by atoms with E-state index in [0.717, 1.165) is 0 Å². The highest BCUT2D eigenvalue weighted by atomic mass is 16.5. The second-order valence-corrected chi connectivity index (χ2v) is 4.19. The summed E-state index contributed by atoms with van der Waals surface area (Å²) in [6, 6.07) is 5.18. The number of benzene rings is 1. The van der Waals surface area contributed by atoms with E-state index in [1.54, 1.807) is 25.1 Å². The highest BCUT2D eigenvalue weighted by molar-refractivity contribution is 5.96. The molecule has 0 radical (unpaired) electrons.